The fraction of sp³-hybridized carbons (Fsp3) is 0.571. The molecule has 0 aromatic heterocycles. The quantitative estimate of drug-likeness (QED) is 0.604. The molecule has 1 aliphatic heterocycles. The fourth-order valence-electron chi connectivity index (χ4n) is 2.68. The summed E-state index contributed by atoms with van der Waals surface area (Å²) in [7, 11) is 0. The van der Waals surface area contributed by atoms with Crippen molar-refractivity contribution >= 4 is 12.0 Å². The number of hydrogen-bond donors (Lipinski definition) is 2. The minimum absolute atomic E-state index is 0.245. The molecular formula is C14H20N2O3. The topological polar surface area (TPSA) is 67.4 Å². The summed E-state index contributed by atoms with van der Waals surface area (Å²) in [4.78, 5) is 23.7. The van der Waals surface area contributed by atoms with E-state index in [9.17, 15) is 9.59 Å². The summed E-state index contributed by atoms with van der Waals surface area (Å²) in [5, 5.41) is 5.51. The largest absolute Gasteiger partial charge is 0.463 e. The van der Waals surface area contributed by atoms with Gasteiger partial charge in [0.05, 0.1) is 18.2 Å². The number of allylic oxidation sites excluding steroid dienone is 3. The number of hydrogen-bond acceptors (Lipinski definition) is 3. The molecule has 104 valence electrons. The summed E-state index contributed by atoms with van der Waals surface area (Å²) in [5.74, 6) is -0.0857. The van der Waals surface area contributed by atoms with Gasteiger partial charge >= 0.3 is 12.0 Å². The standard InChI is InChI=1S/C14H20N2O3/c1-3-19-13(17)11-9(2)15-14(18)16-12(11)10-7-5-4-6-8-10/h4-5,10,12H,3,6-8H2,1-2H3,(H2,15,16,18)/t10-,12+/m1/s1. The smallest absolute Gasteiger partial charge is 0.337 e. The second kappa shape index (κ2) is 5.91. The van der Waals surface area contributed by atoms with Crippen molar-refractivity contribution in [1.29, 1.82) is 0 Å². The van der Waals surface area contributed by atoms with Gasteiger partial charge in [-0.25, -0.2) is 9.59 Å². The van der Waals surface area contributed by atoms with Crippen molar-refractivity contribution in [2.75, 3.05) is 6.61 Å². The number of urea groups is 1. The van der Waals surface area contributed by atoms with Crippen molar-refractivity contribution in [3.8, 4) is 0 Å². The normalized spacial score (nSPS) is 26.7. The lowest BCUT2D eigenvalue weighted by Crippen LogP contribution is -2.53. The maximum atomic E-state index is 12.1. The Morgan fingerprint density at radius 3 is 2.89 bits per heavy atom. The van der Waals surface area contributed by atoms with Gasteiger partial charge in [0.25, 0.3) is 0 Å². The molecule has 2 amide bonds. The molecule has 0 aromatic carbocycles. The van der Waals surface area contributed by atoms with Crippen LogP contribution in [0, 0.1) is 5.92 Å². The number of rotatable bonds is 3. The zero-order valence-electron chi connectivity index (χ0n) is 11.4. The first-order valence-corrected chi connectivity index (χ1v) is 6.74. The number of carbonyl (C=O) groups excluding carboxylic acids is 2. The predicted octanol–water partition coefficient (Wildman–Crippen LogP) is 1.86. The first kappa shape index (κ1) is 13.6. The number of amides is 2. The predicted molar refractivity (Wildman–Crippen MR) is 71.3 cm³/mol. The van der Waals surface area contributed by atoms with Crippen molar-refractivity contribution in [1.82, 2.24) is 10.6 Å². The van der Waals surface area contributed by atoms with Crippen molar-refractivity contribution in [3.63, 3.8) is 0 Å². The highest BCUT2D eigenvalue weighted by Crippen LogP contribution is 2.28. The van der Waals surface area contributed by atoms with Crippen molar-refractivity contribution in [3.05, 3.63) is 23.4 Å². The first-order valence-electron chi connectivity index (χ1n) is 6.74. The number of esters is 1. The molecule has 0 spiro atoms. The molecule has 0 radical (unpaired) electrons. The number of ether oxygens (including phenoxy) is 1. The Kier molecular flexibility index (Phi) is 4.24. The van der Waals surface area contributed by atoms with E-state index in [1.54, 1.807) is 13.8 Å². The molecule has 0 fully saturated rings. The molecule has 0 bridgehead atoms. The second-order valence-electron chi connectivity index (χ2n) is 4.88. The van der Waals surface area contributed by atoms with E-state index in [0.717, 1.165) is 19.3 Å². The highest BCUT2D eigenvalue weighted by molar-refractivity contribution is 5.94. The molecular weight excluding hydrogens is 244 g/mol. The van der Waals surface area contributed by atoms with E-state index in [-0.39, 0.29) is 24.0 Å². The van der Waals surface area contributed by atoms with Crippen LogP contribution < -0.4 is 10.6 Å². The van der Waals surface area contributed by atoms with Crippen LogP contribution in [0.4, 0.5) is 4.79 Å². The van der Waals surface area contributed by atoms with Crippen LogP contribution in [0.5, 0.6) is 0 Å². The lowest BCUT2D eigenvalue weighted by Gasteiger charge is -2.34. The molecule has 0 saturated heterocycles. The molecule has 0 saturated carbocycles. The third kappa shape index (κ3) is 2.97. The van der Waals surface area contributed by atoms with E-state index in [1.807, 2.05) is 0 Å². The van der Waals surface area contributed by atoms with E-state index in [1.165, 1.54) is 0 Å². The molecule has 1 aliphatic carbocycles. The van der Waals surface area contributed by atoms with Gasteiger partial charge in [0.1, 0.15) is 0 Å². The van der Waals surface area contributed by atoms with E-state index in [4.69, 9.17) is 4.74 Å². The van der Waals surface area contributed by atoms with Gasteiger partial charge in [-0.3, -0.25) is 0 Å². The van der Waals surface area contributed by atoms with E-state index < -0.39 is 0 Å². The third-order valence-corrected chi connectivity index (χ3v) is 3.58. The molecule has 0 aromatic rings. The van der Waals surface area contributed by atoms with Crippen LogP contribution >= 0.6 is 0 Å². The van der Waals surface area contributed by atoms with Crippen LogP contribution in [0.1, 0.15) is 33.1 Å². The van der Waals surface area contributed by atoms with Crippen LogP contribution in [0.2, 0.25) is 0 Å². The van der Waals surface area contributed by atoms with Crippen molar-refractivity contribution in [2.45, 2.75) is 39.2 Å². The Morgan fingerprint density at radius 1 is 1.47 bits per heavy atom. The highest BCUT2D eigenvalue weighted by Gasteiger charge is 2.35. The SMILES string of the molecule is CCOC(=O)C1=C(C)NC(=O)N[C@H]1[C@@H]1CC=CCC1. The minimum atomic E-state index is -0.341. The summed E-state index contributed by atoms with van der Waals surface area (Å²) in [5.41, 5.74) is 1.16. The van der Waals surface area contributed by atoms with Crippen LogP contribution in [0.15, 0.2) is 23.4 Å². The average Bonchev–Trinajstić information content (AvgIpc) is 2.39. The van der Waals surface area contributed by atoms with E-state index >= 15 is 0 Å². The van der Waals surface area contributed by atoms with Crippen LogP contribution in [-0.2, 0) is 9.53 Å². The molecule has 2 aliphatic rings. The number of carbonyl (C=O) groups is 2. The van der Waals surface area contributed by atoms with E-state index in [0.29, 0.717) is 17.9 Å². The molecule has 1 heterocycles. The maximum Gasteiger partial charge on any atom is 0.337 e. The maximum absolute atomic E-state index is 12.1. The fourth-order valence-corrected chi connectivity index (χ4v) is 2.68. The summed E-state index contributed by atoms with van der Waals surface area (Å²) in [6.45, 7) is 3.86. The van der Waals surface area contributed by atoms with Crippen LogP contribution in [0.25, 0.3) is 0 Å². The molecule has 2 atom stereocenters. The Balaban J connectivity index is 2.26. The Labute approximate surface area is 113 Å². The zero-order chi connectivity index (χ0) is 13.8. The van der Waals surface area contributed by atoms with E-state index in [2.05, 4.69) is 22.8 Å². The first-order chi connectivity index (χ1) is 9.13. The Hall–Kier alpha value is -1.78. The van der Waals surface area contributed by atoms with Gasteiger partial charge in [0, 0.05) is 5.70 Å². The monoisotopic (exact) mass is 264 g/mol. The summed E-state index contributed by atoms with van der Waals surface area (Å²) < 4.78 is 5.10. The average molecular weight is 264 g/mol. The summed E-state index contributed by atoms with van der Waals surface area (Å²) >= 11 is 0. The molecule has 19 heavy (non-hydrogen) atoms. The second-order valence-corrected chi connectivity index (χ2v) is 4.88. The van der Waals surface area contributed by atoms with Crippen molar-refractivity contribution in [2.24, 2.45) is 5.92 Å². The number of nitrogens with one attached hydrogen (secondary N) is 2. The molecule has 2 rings (SSSR count). The highest BCUT2D eigenvalue weighted by atomic mass is 16.5. The summed E-state index contributed by atoms with van der Waals surface area (Å²) in [6.07, 6.45) is 7.08. The van der Waals surface area contributed by atoms with Gasteiger partial charge in [0.2, 0.25) is 0 Å². The lowest BCUT2D eigenvalue weighted by molar-refractivity contribution is -0.139. The van der Waals surface area contributed by atoms with Gasteiger partial charge in [-0.05, 0) is 39.0 Å². The Morgan fingerprint density at radius 2 is 2.26 bits per heavy atom. The Bertz CT molecular complexity index is 440. The van der Waals surface area contributed by atoms with Crippen LogP contribution in [-0.4, -0.2) is 24.6 Å². The van der Waals surface area contributed by atoms with Crippen LogP contribution in [0.3, 0.4) is 0 Å². The zero-order valence-corrected chi connectivity index (χ0v) is 11.4. The molecule has 5 heteroatoms. The summed E-state index contributed by atoms with van der Waals surface area (Å²) in [6, 6.07) is -0.497. The van der Waals surface area contributed by atoms with Gasteiger partial charge in [-0.15, -0.1) is 0 Å². The molecule has 2 N–H and O–H groups in total. The van der Waals surface area contributed by atoms with Gasteiger partial charge in [0.15, 0.2) is 0 Å². The third-order valence-electron chi connectivity index (χ3n) is 3.58. The van der Waals surface area contributed by atoms with Gasteiger partial charge in [-0.2, -0.15) is 0 Å². The van der Waals surface area contributed by atoms with Gasteiger partial charge in [-0.1, -0.05) is 12.2 Å². The minimum Gasteiger partial charge on any atom is -0.463 e. The molecule has 0 unspecified atom stereocenters. The van der Waals surface area contributed by atoms with Crippen molar-refractivity contribution < 1.29 is 14.3 Å². The molecule has 5 nitrogen and oxygen atoms in total. The lowest BCUT2D eigenvalue weighted by atomic mass is 9.82. The van der Waals surface area contributed by atoms with Gasteiger partial charge < -0.3 is 15.4 Å².